The van der Waals surface area contributed by atoms with Crippen molar-refractivity contribution in [1.29, 1.82) is 0 Å². The van der Waals surface area contributed by atoms with Crippen LogP contribution in [0.1, 0.15) is 26.2 Å². The van der Waals surface area contributed by atoms with Crippen LogP contribution in [-0.4, -0.2) is 67.5 Å². The number of rotatable bonds is 8. The molecule has 26 heavy (non-hydrogen) atoms. The van der Waals surface area contributed by atoms with E-state index in [1.807, 2.05) is 6.92 Å². The van der Waals surface area contributed by atoms with E-state index < -0.39 is 18.0 Å². The maximum Gasteiger partial charge on any atom is 0.318 e. The zero-order valence-electron chi connectivity index (χ0n) is 15.0. The number of urea groups is 1. The normalized spacial score (nSPS) is 17.0. The Morgan fingerprint density at radius 1 is 1.42 bits per heavy atom. The predicted molar refractivity (Wildman–Crippen MR) is 105 cm³/mol. The molecule has 0 radical (unpaired) electrons. The first-order valence-corrected chi connectivity index (χ1v) is 8.02. The molecule has 7 N–H and O–H groups in total. The predicted octanol–water partition coefficient (Wildman–Crippen LogP) is -1.08. The van der Waals surface area contributed by atoms with Gasteiger partial charge in [0.05, 0.1) is 12.6 Å². The van der Waals surface area contributed by atoms with Gasteiger partial charge in [-0.3, -0.25) is 20.2 Å². The van der Waals surface area contributed by atoms with Gasteiger partial charge in [0, 0.05) is 20.1 Å². The quantitative estimate of drug-likeness (QED) is 0.342. The largest absolute Gasteiger partial charge is 0.351 e. The molecule has 1 heterocycles. The molecule has 2 atom stereocenters. The van der Waals surface area contributed by atoms with Gasteiger partial charge >= 0.3 is 6.03 Å². The summed E-state index contributed by atoms with van der Waals surface area (Å²) in [4.78, 5) is 41.0. The zero-order valence-corrected chi connectivity index (χ0v) is 16.6. The lowest BCUT2D eigenvalue weighted by Gasteiger charge is -2.32. The van der Waals surface area contributed by atoms with Gasteiger partial charge in [-0.1, -0.05) is 19.8 Å². The number of amides is 4. The first-order valence-electron chi connectivity index (χ1n) is 8.02. The maximum absolute atomic E-state index is 12.7. The van der Waals surface area contributed by atoms with E-state index in [2.05, 4.69) is 20.9 Å². The second-order valence-electron chi connectivity index (χ2n) is 5.57. The molecular formula is C14H29Cl2N7O3. The Balaban J connectivity index is 0. The number of unbranched alkanes of at least 4 members (excludes halogenated alkanes) is 1. The first kappa shape index (κ1) is 26.6. The second kappa shape index (κ2) is 13.6. The standard InChI is InChI=1S/C14H27N7O3.2ClH/c1-3-4-5-9(17-7-6-15)12(23)21(2)10-8-18-14(19-11(10)22)20-13(16)24;;/h9-10,17H,3-8,15H2,1-2H3,(H4,16,18,19,20,22,24);2*1H. The van der Waals surface area contributed by atoms with Crippen molar-refractivity contribution in [3.05, 3.63) is 0 Å². The molecule has 0 aromatic heterocycles. The number of aliphatic imine (C=N–C) groups is 1. The van der Waals surface area contributed by atoms with Crippen molar-refractivity contribution < 1.29 is 14.4 Å². The van der Waals surface area contributed by atoms with Crippen LogP contribution in [0.3, 0.4) is 0 Å². The number of nitrogens with zero attached hydrogens (tertiary/aromatic N) is 2. The molecule has 0 aromatic rings. The molecule has 0 saturated heterocycles. The fraction of sp³-hybridized carbons (Fsp3) is 0.714. The summed E-state index contributed by atoms with van der Waals surface area (Å²) in [6.45, 7) is 3.05. The minimum absolute atomic E-state index is 0. The summed E-state index contributed by atoms with van der Waals surface area (Å²) in [5.41, 5.74) is 10.5. The molecule has 10 nitrogen and oxygen atoms in total. The number of nitrogens with two attached hydrogens (primary N) is 2. The summed E-state index contributed by atoms with van der Waals surface area (Å²) in [7, 11) is 1.57. The molecule has 0 spiro atoms. The van der Waals surface area contributed by atoms with Crippen LogP contribution in [0, 0.1) is 0 Å². The van der Waals surface area contributed by atoms with E-state index >= 15 is 0 Å². The van der Waals surface area contributed by atoms with Crippen molar-refractivity contribution in [3.8, 4) is 0 Å². The number of likely N-dealkylation sites (N-methyl/N-ethyl adjacent to an activating group) is 1. The van der Waals surface area contributed by atoms with E-state index in [9.17, 15) is 14.4 Å². The minimum Gasteiger partial charge on any atom is -0.351 e. The highest BCUT2D eigenvalue weighted by atomic mass is 35.5. The van der Waals surface area contributed by atoms with Crippen molar-refractivity contribution in [1.82, 2.24) is 20.9 Å². The van der Waals surface area contributed by atoms with E-state index in [4.69, 9.17) is 11.5 Å². The lowest BCUT2D eigenvalue weighted by molar-refractivity contribution is -0.140. The fourth-order valence-electron chi connectivity index (χ4n) is 2.36. The van der Waals surface area contributed by atoms with Gasteiger partial charge in [0.25, 0.3) is 5.91 Å². The Morgan fingerprint density at radius 3 is 2.58 bits per heavy atom. The molecule has 152 valence electrons. The average molecular weight is 414 g/mol. The molecule has 0 saturated carbocycles. The number of hydrogen-bond acceptors (Lipinski definition) is 6. The van der Waals surface area contributed by atoms with Gasteiger partial charge in [-0.25, -0.2) is 9.79 Å². The molecule has 12 heteroatoms. The number of hydrogen-bond donors (Lipinski definition) is 5. The van der Waals surface area contributed by atoms with Crippen LogP contribution in [-0.2, 0) is 9.59 Å². The fourth-order valence-corrected chi connectivity index (χ4v) is 2.36. The molecule has 2 unspecified atom stereocenters. The highest BCUT2D eigenvalue weighted by molar-refractivity contribution is 6.07. The van der Waals surface area contributed by atoms with Crippen LogP contribution in [0.25, 0.3) is 0 Å². The maximum atomic E-state index is 12.7. The van der Waals surface area contributed by atoms with Crippen LogP contribution >= 0.6 is 24.8 Å². The second-order valence-corrected chi connectivity index (χ2v) is 5.57. The number of carbonyl (C=O) groups excluding carboxylic acids is 3. The van der Waals surface area contributed by atoms with Crippen LogP contribution in [0.5, 0.6) is 0 Å². The van der Waals surface area contributed by atoms with Crippen molar-refractivity contribution in [2.75, 3.05) is 26.7 Å². The zero-order chi connectivity index (χ0) is 18.1. The van der Waals surface area contributed by atoms with Crippen molar-refractivity contribution in [3.63, 3.8) is 0 Å². The van der Waals surface area contributed by atoms with Gasteiger partial charge in [-0.2, -0.15) is 0 Å². The van der Waals surface area contributed by atoms with Crippen molar-refractivity contribution in [2.24, 2.45) is 16.5 Å². The van der Waals surface area contributed by atoms with Crippen LogP contribution < -0.4 is 27.4 Å². The molecule has 1 rings (SSSR count). The Labute approximate surface area is 165 Å². The third kappa shape index (κ3) is 8.17. The van der Waals surface area contributed by atoms with E-state index in [-0.39, 0.29) is 49.3 Å². The summed E-state index contributed by atoms with van der Waals surface area (Å²) in [6, 6.07) is -1.94. The summed E-state index contributed by atoms with van der Waals surface area (Å²) in [6.07, 6.45) is 2.53. The lowest BCUT2D eigenvalue weighted by Crippen LogP contribution is -2.60. The Morgan fingerprint density at radius 2 is 2.08 bits per heavy atom. The van der Waals surface area contributed by atoms with Crippen LogP contribution in [0.2, 0.25) is 0 Å². The Kier molecular flexibility index (Phi) is 13.9. The van der Waals surface area contributed by atoms with Crippen LogP contribution in [0.15, 0.2) is 4.99 Å². The number of primary amides is 1. The molecule has 0 bridgehead atoms. The monoisotopic (exact) mass is 413 g/mol. The molecular weight excluding hydrogens is 385 g/mol. The Hall–Kier alpha value is -1.62. The van der Waals surface area contributed by atoms with Crippen molar-refractivity contribution in [2.45, 2.75) is 38.3 Å². The average Bonchev–Trinajstić information content (AvgIpc) is 2.53. The number of carbonyl (C=O) groups is 3. The van der Waals surface area contributed by atoms with Gasteiger partial charge in [-0.05, 0) is 6.42 Å². The van der Waals surface area contributed by atoms with E-state index in [0.717, 1.165) is 12.8 Å². The Bertz CT molecular complexity index is 497. The summed E-state index contributed by atoms with van der Waals surface area (Å²) in [5, 5.41) is 7.75. The smallest absolute Gasteiger partial charge is 0.318 e. The lowest BCUT2D eigenvalue weighted by atomic mass is 10.1. The molecule has 1 aliphatic rings. The van der Waals surface area contributed by atoms with E-state index in [0.29, 0.717) is 19.5 Å². The van der Waals surface area contributed by atoms with E-state index in [1.54, 1.807) is 7.05 Å². The third-order valence-corrected chi connectivity index (χ3v) is 3.70. The van der Waals surface area contributed by atoms with Gasteiger partial charge in [-0.15, -0.1) is 24.8 Å². The molecule has 1 aliphatic heterocycles. The van der Waals surface area contributed by atoms with Gasteiger partial charge < -0.3 is 21.7 Å². The van der Waals surface area contributed by atoms with E-state index in [1.165, 1.54) is 4.90 Å². The van der Waals surface area contributed by atoms with Gasteiger partial charge in [0.1, 0.15) is 6.04 Å². The van der Waals surface area contributed by atoms with Crippen LogP contribution in [0.4, 0.5) is 4.79 Å². The van der Waals surface area contributed by atoms with Gasteiger partial charge in [0.15, 0.2) is 0 Å². The van der Waals surface area contributed by atoms with Crippen molar-refractivity contribution >= 4 is 48.6 Å². The third-order valence-electron chi connectivity index (χ3n) is 3.70. The molecule has 0 fully saturated rings. The summed E-state index contributed by atoms with van der Waals surface area (Å²) < 4.78 is 0. The SMILES string of the molecule is CCCCC(NCCN)C(=O)N(C)C1CN=C(NC(N)=O)NC1=O.Cl.Cl. The number of guanidine groups is 1. The molecule has 4 amide bonds. The molecule has 0 aliphatic carbocycles. The number of nitrogens with one attached hydrogen (secondary N) is 3. The minimum atomic E-state index is -0.817. The molecule has 0 aromatic carbocycles. The van der Waals surface area contributed by atoms with Gasteiger partial charge in [0.2, 0.25) is 11.9 Å². The highest BCUT2D eigenvalue weighted by Gasteiger charge is 2.33. The summed E-state index contributed by atoms with van der Waals surface area (Å²) in [5.74, 6) is -0.607. The number of halogens is 2. The summed E-state index contributed by atoms with van der Waals surface area (Å²) >= 11 is 0. The topological polar surface area (TPSA) is 155 Å². The highest BCUT2D eigenvalue weighted by Crippen LogP contribution is 2.09. The first-order chi connectivity index (χ1) is 11.4.